The molecule has 0 saturated heterocycles. The molecule has 2 rings (SSSR count). The molecule has 0 bridgehead atoms. The zero-order chi connectivity index (χ0) is 13.8. The first-order valence-electron chi connectivity index (χ1n) is 6.25. The molecule has 0 aliphatic carbocycles. The maximum atomic E-state index is 10.9. The van der Waals surface area contributed by atoms with E-state index in [1.807, 2.05) is 24.4 Å². The number of nitro groups is 1. The molecule has 0 fully saturated rings. The Balaban J connectivity index is 2.16. The van der Waals surface area contributed by atoms with Crippen LogP contribution in [0, 0.1) is 17.0 Å². The van der Waals surface area contributed by atoms with E-state index in [9.17, 15) is 10.1 Å². The highest BCUT2D eigenvalue weighted by molar-refractivity contribution is 5.59. The molecule has 0 aliphatic heterocycles. The molecule has 100 valence electrons. The van der Waals surface area contributed by atoms with Crippen molar-refractivity contribution in [2.24, 2.45) is 0 Å². The normalized spacial score (nSPS) is 10.4. The van der Waals surface area contributed by atoms with Crippen molar-refractivity contribution < 1.29 is 4.92 Å². The first-order valence-corrected chi connectivity index (χ1v) is 6.25. The van der Waals surface area contributed by atoms with Crippen molar-refractivity contribution in [3.05, 3.63) is 57.9 Å². The monoisotopic (exact) mass is 259 g/mol. The third-order valence-electron chi connectivity index (χ3n) is 3.23. The molecule has 0 saturated carbocycles. The van der Waals surface area contributed by atoms with Gasteiger partial charge in [-0.15, -0.1) is 0 Å². The van der Waals surface area contributed by atoms with Crippen LogP contribution in [0.1, 0.15) is 18.2 Å². The number of hydrogen-bond acceptors (Lipinski definition) is 3. The van der Waals surface area contributed by atoms with E-state index in [0.29, 0.717) is 12.1 Å². The molecule has 5 nitrogen and oxygen atoms in total. The number of aromatic nitrogens is 1. The van der Waals surface area contributed by atoms with Gasteiger partial charge in [0.2, 0.25) is 0 Å². The minimum absolute atomic E-state index is 0.149. The van der Waals surface area contributed by atoms with E-state index in [1.54, 1.807) is 13.0 Å². The van der Waals surface area contributed by atoms with Gasteiger partial charge in [-0.3, -0.25) is 10.1 Å². The smallest absolute Gasteiger partial charge is 0.274 e. The second-order valence-electron chi connectivity index (χ2n) is 4.35. The van der Waals surface area contributed by atoms with Crippen molar-refractivity contribution in [2.75, 3.05) is 5.32 Å². The van der Waals surface area contributed by atoms with Gasteiger partial charge in [-0.2, -0.15) is 0 Å². The first-order chi connectivity index (χ1) is 9.13. The van der Waals surface area contributed by atoms with Gasteiger partial charge in [-0.05, 0) is 32.0 Å². The summed E-state index contributed by atoms with van der Waals surface area (Å²) in [5.74, 6) is 0. The summed E-state index contributed by atoms with van der Waals surface area (Å²) in [5.41, 5.74) is 2.78. The van der Waals surface area contributed by atoms with Gasteiger partial charge < -0.3 is 9.88 Å². The van der Waals surface area contributed by atoms with Crippen LogP contribution < -0.4 is 5.32 Å². The van der Waals surface area contributed by atoms with Crippen molar-refractivity contribution in [3.8, 4) is 0 Å². The largest absolute Gasteiger partial charge is 0.379 e. The SMILES string of the molecule is CCn1cccc1CNc1cccc([N+](=O)[O-])c1C. The van der Waals surface area contributed by atoms with Crippen LogP contribution in [0.25, 0.3) is 0 Å². The summed E-state index contributed by atoms with van der Waals surface area (Å²) >= 11 is 0. The fourth-order valence-electron chi connectivity index (χ4n) is 2.12. The van der Waals surface area contributed by atoms with E-state index in [-0.39, 0.29) is 10.6 Å². The molecule has 0 radical (unpaired) electrons. The second-order valence-corrected chi connectivity index (χ2v) is 4.35. The van der Waals surface area contributed by atoms with Crippen molar-refractivity contribution in [1.29, 1.82) is 0 Å². The molecule has 0 unspecified atom stereocenters. The molecule has 0 atom stereocenters. The Bertz CT molecular complexity index is 590. The number of aryl methyl sites for hydroxylation is 1. The number of hydrogen-bond donors (Lipinski definition) is 1. The Kier molecular flexibility index (Phi) is 3.85. The quantitative estimate of drug-likeness (QED) is 0.661. The molecular weight excluding hydrogens is 242 g/mol. The van der Waals surface area contributed by atoms with Crippen LogP contribution in [-0.2, 0) is 13.1 Å². The highest BCUT2D eigenvalue weighted by atomic mass is 16.6. The molecule has 1 heterocycles. The maximum Gasteiger partial charge on any atom is 0.274 e. The standard InChI is InChI=1S/C14H17N3O2/c1-3-16-9-5-6-12(16)10-15-13-7-4-8-14(11(13)2)17(18)19/h4-9,15H,3,10H2,1-2H3. The van der Waals surface area contributed by atoms with Gasteiger partial charge in [0.25, 0.3) is 5.69 Å². The van der Waals surface area contributed by atoms with Crippen LogP contribution in [0.4, 0.5) is 11.4 Å². The van der Waals surface area contributed by atoms with Crippen molar-refractivity contribution in [1.82, 2.24) is 4.57 Å². The van der Waals surface area contributed by atoms with E-state index in [2.05, 4.69) is 16.8 Å². The highest BCUT2D eigenvalue weighted by Crippen LogP contribution is 2.25. The molecule has 0 spiro atoms. The number of nitrogens with one attached hydrogen (secondary N) is 1. The van der Waals surface area contributed by atoms with E-state index in [4.69, 9.17) is 0 Å². The van der Waals surface area contributed by atoms with Gasteiger partial charge in [-0.25, -0.2) is 0 Å². The van der Waals surface area contributed by atoms with Crippen LogP contribution >= 0.6 is 0 Å². The zero-order valence-corrected chi connectivity index (χ0v) is 11.1. The molecule has 1 N–H and O–H groups in total. The van der Waals surface area contributed by atoms with Crippen molar-refractivity contribution >= 4 is 11.4 Å². The zero-order valence-electron chi connectivity index (χ0n) is 11.1. The second kappa shape index (κ2) is 5.56. The maximum absolute atomic E-state index is 10.9. The average Bonchev–Trinajstić information content (AvgIpc) is 2.84. The summed E-state index contributed by atoms with van der Waals surface area (Å²) < 4.78 is 2.14. The lowest BCUT2D eigenvalue weighted by molar-refractivity contribution is -0.385. The minimum atomic E-state index is -0.352. The summed E-state index contributed by atoms with van der Waals surface area (Å²) in [4.78, 5) is 10.5. The Morgan fingerprint density at radius 2 is 2.11 bits per heavy atom. The first kappa shape index (κ1) is 13.1. The lowest BCUT2D eigenvalue weighted by atomic mass is 10.1. The van der Waals surface area contributed by atoms with Crippen LogP contribution in [0.15, 0.2) is 36.5 Å². The fourth-order valence-corrected chi connectivity index (χ4v) is 2.12. The summed E-state index contributed by atoms with van der Waals surface area (Å²) in [6, 6.07) is 9.13. The molecule has 19 heavy (non-hydrogen) atoms. The Morgan fingerprint density at radius 1 is 1.32 bits per heavy atom. The molecule has 0 amide bonds. The van der Waals surface area contributed by atoms with Gasteiger partial charge in [0, 0.05) is 35.8 Å². The fraction of sp³-hybridized carbons (Fsp3) is 0.286. The molecular formula is C14H17N3O2. The number of anilines is 1. The molecule has 1 aromatic heterocycles. The number of nitrogens with zero attached hydrogens (tertiary/aromatic N) is 2. The predicted molar refractivity (Wildman–Crippen MR) is 75.3 cm³/mol. The van der Waals surface area contributed by atoms with E-state index in [1.165, 1.54) is 6.07 Å². The lowest BCUT2D eigenvalue weighted by Crippen LogP contribution is -2.07. The van der Waals surface area contributed by atoms with Crippen molar-refractivity contribution in [2.45, 2.75) is 26.9 Å². The van der Waals surface area contributed by atoms with Crippen molar-refractivity contribution in [3.63, 3.8) is 0 Å². The molecule has 0 aliphatic rings. The molecule has 2 aromatic rings. The number of benzene rings is 1. The Morgan fingerprint density at radius 3 is 2.79 bits per heavy atom. The Hall–Kier alpha value is -2.30. The van der Waals surface area contributed by atoms with Gasteiger partial charge >= 0.3 is 0 Å². The number of rotatable bonds is 5. The van der Waals surface area contributed by atoms with Gasteiger partial charge in [0.1, 0.15) is 0 Å². The van der Waals surface area contributed by atoms with Crippen LogP contribution in [0.2, 0.25) is 0 Å². The predicted octanol–water partition coefficient (Wildman–Crippen LogP) is 3.34. The van der Waals surface area contributed by atoms with Gasteiger partial charge in [0.05, 0.1) is 11.5 Å². The Labute approximate surface area is 112 Å². The summed E-state index contributed by atoms with van der Waals surface area (Å²) in [7, 11) is 0. The summed E-state index contributed by atoms with van der Waals surface area (Å²) in [6.07, 6.45) is 2.03. The third kappa shape index (κ3) is 2.76. The third-order valence-corrected chi connectivity index (χ3v) is 3.23. The van der Waals surface area contributed by atoms with Crippen LogP contribution in [-0.4, -0.2) is 9.49 Å². The summed E-state index contributed by atoms with van der Waals surface area (Å²) in [5, 5.41) is 14.1. The van der Waals surface area contributed by atoms with Crippen LogP contribution in [0.5, 0.6) is 0 Å². The highest BCUT2D eigenvalue weighted by Gasteiger charge is 2.12. The molecule has 1 aromatic carbocycles. The van der Waals surface area contributed by atoms with Gasteiger partial charge in [0.15, 0.2) is 0 Å². The number of nitro benzene ring substituents is 1. The van der Waals surface area contributed by atoms with Gasteiger partial charge in [-0.1, -0.05) is 6.07 Å². The van der Waals surface area contributed by atoms with E-state index >= 15 is 0 Å². The van der Waals surface area contributed by atoms with E-state index < -0.39 is 0 Å². The van der Waals surface area contributed by atoms with Crippen LogP contribution in [0.3, 0.4) is 0 Å². The average molecular weight is 259 g/mol. The topological polar surface area (TPSA) is 60.1 Å². The summed E-state index contributed by atoms with van der Waals surface area (Å²) in [6.45, 7) is 5.42. The minimum Gasteiger partial charge on any atom is -0.379 e. The molecule has 5 heteroatoms. The van der Waals surface area contributed by atoms with E-state index in [0.717, 1.165) is 17.9 Å². The lowest BCUT2D eigenvalue weighted by Gasteiger charge is -2.11.